The fourth-order valence-electron chi connectivity index (χ4n) is 5.33. The largest absolute Gasteiger partial charge is 0.480 e. The van der Waals surface area contributed by atoms with E-state index in [1.807, 2.05) is 44.2 Å². The fourth-order valence-corrected chi connectivity index (χ4v) is 5.33. The van der Waals surface area contributed by atoms with E-state index in [0.717, 1.165) is 58.4 Å². The molecule has 5 aromatic rings. The zero-order valence-corrected chi connectivity index (χ0v) is 25.0. The number of unbranched alkanes of at least 4 members (excludes halogenated alkanes) is 2. The van der Waals surface area contributed by atoms with Crippen molar-refractivity contribution in [3.63, 3.8) is 0 Å². The molecule has 2 amide bonds. The summed E-state index contributed by atoms with van der Waals surface area (Å²) in [7, 11) is 3.24. The van der Waals surface area contributed by atoms with E-state index in [1.165, 1.54) is 6.33 Å². The number of nitrogens with zero attached hydrogens (tertiary/aromatic N) is 6. The van der Waals surface area contributed by atoms with Crippen LogP contribution in [-0.2, 0) is 16.0 Å². The number of ether oxygens (including phenoxy) is 1. The van der Waals surface area contributed by atoms with Crippen LogP contribution in [0.25, 0.3) is 27.9 Å². The summed E-state index contributed by atoms with van der Waals surface area (Å²) < 4.78 is 7.30. The summed E-state index contributed by atoms with van der Waals surface area (Å²) in [4.78, 5) is 46.4. The number of methoxy groups -OCH3 is 1. The Morgan fingerprint density at radius 3 is 2.70 bits per heavy atom. The van der Waals surface area contributed by atoms with Crippen molar-refractivity contribution in [2.24, 2.45) is 0 Å². The van der Waals surface area contributed by atoms with Gasteiger partial charge in [0.2, 0.25) is 17.7 Å². The standard InChI is InChI=1S/C31H37N9O3/c1-19-22(20(2)40-31(36-19)34-18-35-40)14-15-28(42)37-25(12-6-5-7-13-27(41)32-3)29-33-17-26(38-29)23-16-21-10-8-9-11-24(21)39-30(23)43-4/h8-11,16-18,25H,5-7,12-15H2,1-4H3,(H,32,41)(H,33,38)(H,37,42)/t25-/m0/s1. The summed E-state index contributed by atoms with van der Waals surface area (Å²) in [6.45, 7) is 3.89. The fraction of sp³-hybridized carbons (Fsp3) is 0.387. The number of aromatic nitrogens is 7. The van der Waals surface area contributed by atoms with E-state index in [9.17, 15) is 9.59 Å². The van der Waals surface area contributed by atoms with Crippen molar-refractivity contribution < 1.29 is 14.3 Å². The molecule has 0 aliphatic rings. The second kappa shape index (κ2) is 13.4. The molecule has 0 saturated heterocycles. The molecule has 0 spiro atoms. The van der Waals surface area contributed by atoms with E-state index in [-0.39, 0.29) is 24.3 Å². The molecule has 43 heavy (non-hydrogen) atoms. The number of carbonyl (C=O) groups is 2. The van der Waals surface area contributed by atoms with Crippen molar-refractivity contribution in [1.29, 1.82) is 0 Å². The van der Waals surface area contributed by atoms with Gasteiger partial charge in [0.15, 0.2) is 0 Å². The maximum Gasteiger partial charge on any atom is 0.252 e. The van der Waals surface area contributed by atoms with Gasteiger partial charge in [0.05, 0.1) is 36.1 Å². The minimum absolute atomic E-state index is 0.0302. The molecule has 5 rings (SSSR count). The molecule has 0 saturated carbocycles. The van der Waals surface area contributed by atoms with Gasteiger partial charge in [-0.05, 0) is 50.8 Å². The molecule has 0 radical (unpaired) electrons. The molecule has 1 atom stereocenters. The lowest BCUT2D eigenvalue weighted by Gasteiger charge is -2.18. The Kier molecular flexibility index (Phi) is 9.23. The highest BCUT2D eigenvalue weighted by molar-refractivity contribution is 5.85. The molecule has 0 aliphatic heterocycles. The summed E-state index contributed by atoms with van der Waals surface area (Å²) in [5.74, 6) is 1.64. The van der Waals surface area contributed by atoms with E-state index in [1.54, 1.807) is 24.9 Å². The second-order valence-electron chi connectivity index (χ2n) is 10.5. The first-order chi connectivity index (χ1) is 20.9. The highest BCUT2D eigenvalue weighted by Crippen LogP contribution is 2.31. The Bertz CT molecular complexity index is 1740. The van der Waals surface area contributed by atoms with Crippen LogP contribution >= 0.6 is 0 Å². The summed E-state index contributed by atoms with van der Waals surface area (Å²) in [6.07, 6.45) is 7.65. The van der Waals surface area contributed by atoms with Crippen LogP contribution in [0.3, 0.4) is 0 Å². The zero-order chi connectivity index (χ0) is 30.3. The normalized spacial score (nSPS) is 12.0. The quantitative estimate of drug-likeness (QED) is 0.175. The molecule has 4 heterocycles. The first-order valence-corrected chi connectivity index (χ1v) is 14.5. The number of rotatable bonds is 13. The van der Waals surface area contributed by atoms with Crippen LogP contribution in [0.5, 0.6) is 5.88 Å². The maximum absolute atomic E-state index is 13.3. The van der Waals surface area contributed by atoms with Gasteiger partial charge < -0.3 is 20.4 Å². The van der Waals surface area contributed by atoms with Crippen molar-refractivity contribution in [3.8, 4) is 17.1 Å². The van der Waals surface area contributed by atoms with E-state index in [0.29, 0.717) is 36.7 Å². The van der Waals surface area contributed by atoms with Gasteiger partial charge in [-0.2, -0.15) is 10.1 Å². The lowest BCUT2D eigenvalue weighted by molar-refractivity contribution is -0.122. The zero-order valence-electron chi connectivity index (χ0n) is 25.0. The number of carbonyl (C=O) groups excluding carboxylic acids is 2. The van der Waals surface area contributed by atoms with Crippen LogP contribution in [0.15, 0.2) is 42.9 Å². The minimum Gasteiger partial charge on any atom is -0.480 e. The van der Waals surface area contributed by atoms with Gasteiger partial charge in [0.1, 0.15) is 12.2 Å². The minimum atomic E-state index is -0.334. The van der Waals surface area contributed by atoms with Crippen LogP contribution in [-0.4, -0.2) is 60.5 Å². The predicted octanol–water partition coefficient (Wildman–Crippen LogP) is 4.17. The highest BCUT2D eigenvalue weighted by Gasteiger charge is 2.21. The maximum atomic E-state index is 13.3. The van der Waals surface area contributed by atoms with Gasteiger partial charge in [-0.25, -0.2) is 19.5 Å². The van der Waals surface area contributed by atoms with Gasteiger partial charge in [0, 0.05) is 36.7 Å². The molecule has 12 nitrogen and oxygen atoms in total. The van der Waals surface area contributed by atoms with Crippen molar-refractivity contribution in [2.75, 3.05) is 14.2 Å². The number of hydrogen-bond donors (Lipinski definition) is 3. The summed E-state index contributed by atoms with van der Waals surface area (Å²) in [6, 6.07) is 9.55. The summed E-state index contributed by atoms with van der Waals surface area (Å²) in [5, 5.41) is 11.1. The first kappa shape index (κ1) is 29.6. The van der Waals surface area contributed by atoms with Gasteiger partial charge in [-0.3, -0.25) is 9.59 Å². The van der Waals surface area contributed by atoms with E-state index >= 15 is 0 Å². The topological polar surface area (TPSA) is 152 Å². The third-order valence-corrected chi connectivity index (χ3v) is 7.70. The number of nitrogens with one attached hydrogen (secondary N) is 3. The molecule has 0 unspecified atom stereocenters. The van der Waals surface area contributed by atoms with Crippen LogP contribution in [0, 0.1) is 13.8 Å². The average molecular weight is 584 g/mol. The lowest BCUT2D eigenvalue weighted by Crippen LogP contribution is -2.29. The number of amides is 2. The molecule has 0 bridgehead atoms. The molecule has 0 aliphatic carbocycles. The monoisotopic (exact) mass is 583 g/mol. The first-order valence-electron chi connectivity index (χ1n) is 14.5. The number of aromatic amines is 1. The van der Waals surface area contributed by atoms with Crippen LogP contribution in [0.4, 0.5) is 0 Å². The lowest BCUT2D eigenvalue weighted by atomic mass is 10.0. The molecule has 4 aromatic heterocycles. The third-order valence-electron chi connectivity index (χ3n) is 7.70. The van der Waals surface area contributed by atoms with Crippen molar-refractivity contribution >= 4 is 28.5 Å². The van der Waals surface area contributed by atoms with Gasteiger partial charge in [-0.1, -0.05) is 31.0 Å². The molecule has 224 valence electrons. The Morgan fingerprint density at radius 2 is 1.88 bits per heavy atom. The number of para-hydroxylation sites is 1. The molecular weight excluding hydrogens is 546 g/mol. The van der Waals surface area contributed by atoms with Crippen molar-refractivity contribution in [1.82, 2.24) is 45.2 Å². The summed E-state index contributed by atoms with van der Waals surface area (Å²) in [5.41, 5.74) is 5.13. The Morgan fingerprint density at radius 1 is 1.05 bits per heavy atom. The van der Waals surface area contributed by atoms with Crippen LogP contribution in [0.1, 0.15) is 67.3 Å². The number of pyridine rings is 1. The molecular formula is C31H37N9O3. The Balaban J connectivity index is 1.33. The second-order valence-corrected chi connectivity index (χ2v) is 10.5. The van der Waals surface area contributed by atoms with Gasteiger partial charge >= 0.3 is 0 Å². The van der Waals surface area contributed by atoms with Gasteiger partial charge in [-0.15, -0.1) is 0 Å². The van der Waals surface area contributed by atoms with Crippen molar-refractivity contribution in [2.45, 2.75) is 64.8 Å². The summed E-state index contributed by atoms with van der Waals surface area (Å²) >= 11 is 0. The number of hydrogen-bond acceptors (Lipinski definition) is 8. The SMILES string of the molecule is CNC(=O)CCCCC[C@H](NC(=O)CCc1c(C)nc2ncnn2c1C)c1ncc(-c2cc3ccccc3nc2OC)[nH]1. The highest BCUT2D eigenvalue weighted by atomic mass is 16.5. The molecule has 0 fully saturated rings. The third kappa shape index (κ3) is 6.79. The Hall–Kier alpha value is -4.87. The van der Waals surface area contributed by atoms with Crippen LogP contribution in [0.2, 0.25) is 0 Å². The van der Waals surface area contributed by atoms with Crippen molar-refractivity contribution in [3.05, 3.63) is 65.6 Å². The molecule has 1 aromatic carbocycles. The number of H-pyrrole nitrogens is 1. The molecule has 3 N–H and O–H groups in total. The number of fused-ring (bicyclic) bond motifs is 2. The van der Waals surface area contributed by atoms with Crippen LogP contribution < -0.4 is 15.4 Å². The number of imidazole rings is 1. The Labute approximate surface area is 249 Å². The number of aryl methyl sites for hydroxylation is 2. The predicted molar refractivity (Wildman–Crippen MR) is 162 cm³/mol. The average Bonchev–Trinajstić information content (AvgIpc) is 3.70. The number of benzene rings is 1. The smallest absolute Gasteiger partial charge is 0.252 e. The van der Waals surface area contributed by atoms with E-state index in [4.69, 9.17) is 4.74 Å². The van der Waals surface area contributed by atoms with Gasteiger partial charge in [0.25, 0.3) is 5.78 Å². The van der Waals surface area contributed by atoms with E-state index in [2.05, 4.69) is 40.7 Å². The van der Waals surface area contributed by atoms with E-state index < -0.39 is 0 Å². The molecule has 12 heteroatoms.